The number of aliphatic hydroxyl groups is 1. The Morgan fingerprint density at radius 3 is 2.36 bits per heavy atom. The summed E-state index contributed by atoms with van der Waals surface area (Å²) in [5.74, 6) is -0.132. The number of hydrogen-bond donors (Lipinski definition) is 2. The summed E-state index contributed by atoms with van der Waals surface area (Å²) >= 11 is 0. The normalized spacial score (nSPS) is 20.0. The van der Waals surface area contributed by atoms with E-state index in [1.807, 2.05) is 36.4 Å². The average Bonchev–Trinajstić information content (AvgIpc) is 2.59. The van der Waals surface area contributed by atoms with Gasteiger partial charge in [-0.2, -0.15) is 0 Å². The van der Waals surface area contributed by atoms with Crippen molar-refractivity contribution in [1.29, 1.82) is 0 Å². The lowest BCUT2D eigenvalue weighted by atomic mass is 9.80. The molecule has 0 bridgehead atoms. The van der Waals surface area contributed by atoms with Gasteiger partial charge in [-0.05, 0) is 47.1 Å². The van der Waals surface area contributed by atoms with E-state index in [0.29, 0.717) is 18.4 Å². The molecule has 0 heterocycles. The average molecular weight is 337 g/mol. The Hall–Kier alpha value is -2.13. The molecule has 2 aromatic carbocycles. The summed E-state index contributed by atoms with van der Waals surface area (Å²) in [7, 11) is 0. The van der Waals surface area contributed by atoms with Gasteiger partial charge in [-0.3, -0.25) is 4.79 Å². The molecule has 0 aliphatic heterocycles. The van der Waals surface area contributed by atoms with Crippen molar-refractivity contribution in [1.82, 2.24) is 5.32 Å². The maximum Gasteiger partial charge on any atom is 0.251 e. The van der Waals surface area contributed by atoms with Crippen LogP contribution in [0.25, 0.3) is 0 Å². The first-order valence-corrected chi connectivity index (χ1v) is 8.95. The van der Waals surface area contributed by atoms with Crippen LogP contribution in [0.3, 0.4) is 0 Å². The Bertz CT molecular complexity index is 758. The van der Waals surface area contributed by atoms with Crippen molar-refractivity contribution < 1.29 is 9.90 Å². The number of aryl methyl sites for hydroxylation is 1. The molecule has 1 aliphatic carbocycles. The van der Waals surface area contributed by atoms with E-state index < -0.39 is 5.60 Å². The van der Waals surface area contributed by atoms with Crippen LogP contribution in [0.2, 0.25) is 0 Å². The molecule has 1 aliphatic rings. The first kappa shape index (κ1) is 17.7. The quantitative estimate of drug-likeness (QED) is 0.898. The van der Waals surface area contributed by atoms with Gasteiger partial charge in [0.05, 0.1) is 5.60 Å². The van der Waals surface area contributed by atoms with E-state index in [1.54, 1.807) is 0 Å². The Morgan fingerprint density at radius 1 is 1.08 bits per heavy atom. The second-order valence-corrected chi connectivity index (χ2v) is 8.18. The standard InChI is InChI=1S/C22H27NO2/c1-21(2,3)19-10-8-17(9-11-19)20(24)23-15-22(25)13-12-16-6-4-5-7-18(16)14-22/h4-11,25H,12-15H2,1-3H3,(H,23,24). The van der Waals surface area contributed by atoms with Gasteiger partial charge in [-0.25, -0.2) is 0 Å². The highest BCUT2D eigenvalue weighted by Crippen LogP contribution is 2.28. The lowest BCUT2D eigenvalue weighted by Crippen LogP contribution is -2.46. The second kappa shape index (κ2) is 6.64. The molecule has 3 nitrogen and oxygen atoms in total. The number of hydrogen-bond acceptors (Lipinski definition) is 2. The first-order chi connectivity index (χ1) is 11.8. The minimum absolute atomic E-state index is 0.0691. The van der Waals surface area contributed by atoms with Crippen LogP contribution in [0.4, 0.5) is 0 Å². The summed E-state index contributed by atoms with van der Waals surface area (Å²) in [6.45, 7) is 6.73. The highest BCUT2D eigenvalue weighted by Gasteiger charge is 2.32. The summed E-state index contributed by atoms with van der Waals surface area (Å²) in [4.78, 5) is 12.4. The minimum Gasteiger partial charge on any atom is -0.388 e. The van der Waals surface area contributed by atoms with Crippen LogP contribution < -0.4 is 5.32 Å². The van der Waals surface area contributed by atoms with Crippen molar-refractivity contribution in [2.75, 3.05) is 6.54 Å². The van der Waals surface area contributed by atoms with Crippen LogP contribution in [0, 0.1) is 0 Å². The molecule has 0 fully saturated rings. The third-order valence-electron chi connectivity index (χ3n) is 5.09. The van der Waals surface area contributed by atoms with Crippen LogP contribution in [0.5, 0.6) is 0 Å². The topological polar surface area (TPSA) is 49.3 Å². The number of carbonyl (C=O) groups excluding carboxylic acids is 1. The number of benzene rings is 2. The van der Waals surface area contributed by atoms with Crippen molar-refractivity contribution >= 4 is 5.91 Å². The molecule has 0 aromatic heterocycles. The molecule has 3 heteroatoms. The molecule has 0 spiro atoms. The van der Waals surface area contributed by atoms with Crippen molar-refractivity contribution in [2.24, 2.45) is 0 Å². The molecule has 1 unspecified atom stereocenters. The summed E-state index contributed by atoms with van der Waals surface area (Å²) in [5, 5.41) is 13.8. The predicted molar refractivity (Wildman–Crippen MR) is 101 cm³/mol. The van der Waals surface area contributed by atoms with Gasteiger partial charge in [0, 0.05) is 18.5 Å². The van der Waals surface area contributed by atoms with E-state index in [2.05, 4.69) is 38.2 Å². The first-order valence-electron chi connectivity index (χ1n) is 8.95. The lowest BCUT2D eigenvalue weighted by Gasteiger charge is -2.33. The van der Waals surface area contributed by atoms with E-state index in [-0.39, 0.29) is 17.9 Å². The Labute approximate surface area is 150 Å². The van der Waals surface area contributed by atoms with E-state index in [0.717, 1.165) is 6.42 Å². The predicted octanol–water partition coefficient (Wildman–Crippen LogP) is 3.63. The van der Waals surface area contributed by atoms with E-state index in [4.69, 9.17) is 0 Å². The molecule has 2 aromatic rings. The second-order valence-electron chi connectivity index (χ2n) is 8.18. The van der Waals surface area contributed by atoms with Crippen LogP contribution in [0.1, 0.15) is 54.2 Å². The van der Waals surface area contributed by atoms with Gasteiger partial charge in [-0.1, -0.05) is 57.2 Å². The van der Waals surface area contributed by atoms with Crippen molar-refractivity contribution in [2.45, 2.75) is 51.0 Å². The van der Waals surface area contributed by atoms with Crippen LogP contribution in [0.15, 0.2) is 48.5 Å². The van der Waals surface area contributed by atoms with E-state index in [9.17, 15) is 9.90 Å². The number of rotatable bonds is 3. The Morgan fingerprint density at radius 2 is 1.72 bits per heavy atom. The zero-order valence-electron chi connectivity index (χ0n) is 15.3. The van der Waals surface area contributed by atoms with Gasteiger partial charge in [0.1, 0.15) is 0 Å². The van der Waals surface area contributed by atoms with Crippen LogP contribution >= 0.6 is 0 Å². The van der Waals surface area contributed by atoms with Crippen molar-refractivity contribution in [3.05, 3.63) is 70.8 Å². The minimum atomic E-state index is -0.866. The third kappa shape index (κ3) is 4.10. The largest absolute Gasteiger partial charge is 0.388 e. The van der Waals surface area contributed by atoms with E-state index >= 15 is 0 Å². The smallest absolute Gasteiger partial charge is 0.251 e. The molecule has 2 N–H and O–H groups in total. The Kier molecular flexibility index (Phi) is 4.70. The van der Waals surface area contributed by atoms with Gasteiger partial charge in [-0.15, -0.1) is 0 Å². The number of nitrogens with one attached hydrogen (secondary N) is 1. The van der Waals surface area contributed by atoms with Crippen LogP contribution in [-0.2, 0) is 18.3 Å². The molecular weight excluding hydrogens is 310 g/mol. The summed E-state index contributed by atoms with van der Waals surface area (Å²) < 4.78 is 0. The van der Waals surface area contributed by atoms with Gasteiger partial charge < -0.3 is 10.4 Å². The summed E-state index contributed by atoms with van der Waals surface area (Å²) in [5.41, 5.74) is 3.52. The van der Waals surface area contributed by atoms with Gasteiger partial charge >= 0.3 is 0 Å². The number of fused-ring (bicyclic) bond motifs is 1. The number of amides is 1. The fourth-order valence-electron chi connectivity index (χ4n) is 3.40. The van der Waals surface area contributed by atoms with Crippen molar-refractivity contribution in [3.63, 3.8) is 0 Å². The molecule has 1 atom stereocenters. The Balaban J connectivity index is 1.62. The fraction of sp³-hybridized carbons (Fsp3) is 0.409. The molecule has 1 amide bonds. The van der Waals surface area contributed by atoms with E-state index in [1.165, 1.54) is 16.7 Å². The highest BCUT2D eigenvalue weighted by atomic mass is 16.3. The molecule has 0 saturated heterocycles. The van der Waals surface area contributed by atoms with Gasteiger partial charge in [0.15, 0.2) is 0 Å². The molecule has 0 radical (unpaired) electrons. The van der Waals surface area contributed by atoms with Gasteiger partial charge in [0.2, 0.25) is 0 Å². The molecule has 132 valence electrons. The fourth-order valence-corrected chi connectivity index (χ4v) is 3.40. The SMILES string of the molecule is CC(C)(C)c1ccc(C(=O)NCC2(O)CCc3ccccc3C2)cc1. The van der Waals surface area contributed by atoms with Crippen molar-refractivity contribution in [3.8, 4) is 0 Å². The zero-order chi connectivity index (χ0) is 18.1. The molecule has 0 saturated carbocycles. The maximum absolute atomic E-state index is 12.4. The highest BCUT2D eigenvalue weighted by molar-refractivity contribution is 5.94. The third-order valence-corrected chi connectivity index (χ3v) is 5.09. The van der Waals surface area contributed by atoms with Crippen LogP contribution in [-0.4, -0.2) is 23.2 Å². The summed E-state index contributed by atoms with van der Waals surface area (Å²) in [6.07, 6.45) is 2.11. The number of carbonyl (C=O) groups is 1. The zero-order valence-corrected chi connectivity index (χ0v) is 15.3. The summed E-state index contributed by atoms with van der Waals surface area (Å²) in [6, 6.07) is 15.9. The molecule has 3 rings (SSSR count). The van der Waals surface area contributed by atoms with Gasteiger partial charge in [0.25, 0.3) is 5.91 Å². The maximum atomic E-state index is 12.4. The lowest BCUT2D eigenvalue weighted by molar-refractivity contribution is 0.0260. The molecular formula is C22H27NO2. The monoisotopic (exact) mass is 337 g/mol. The molecule has 25 heavy (non-hydrogen) atoms.